The molecule has 2 rings (SSSR count). The van der Waals surface area contributed by atoms with Crippen LogP contribution in [0.15, 0.2) is 12.1 Å². The number of benzene rings is 1. The molecule has 1 aliphatic heterocycles. The second-order valence-corrected chi connectivity index (χ2v) is 3.08. The minimum Gasteiger partial charge on any atom is -0.366 e. The van der Waals surface area contributed by atoms with Gasteiger partial charge in [0.15, 0.2) is 0 Å². The maximum Gasteiger partial charge on any atom is 0.0850 e. The number of hydrogen-bond donors (Lipinski definition) is 2. The summed E-state index contributed by atoms with van der Waals surface area (Å²) in [6, 6.07) is 4.00. The van der Waals surface area contributed by atoms with Crippen molar-refractivity contribution in [3.63, 3.8) is 0 Å². The van der Waals surface area contributed by atoms with Crippen molar-refractivity contribution in [1.29, 1.82) is 0 Å². The molecular formula is C8H9ClN2. The Morgan fingerprint density at radius 3 is 2.64 bits per heavy atom. The molecule has 11 heavy (non-hydrogen) atoms. The first-order valence-electron chi connectivity index (χ1n) is 3.55. The molecule has 0 atom stereocenters. The van der Waals surface area contributed by atoms with Crippen molar-refractivity contribution in [2.45, 2.75) is 6.92 Å². The van der Waals surface area contributed by atoms with E-state index < -0.39 is 0 Å². The first-order valence-corrected chi connectivity index (χ1v) is 3.93. The highest BCUT2D eigenvalue weighted by atomic mass is 35.5. The summed E-state index contributed by atoms with van der Waals surface area (Å²) in [5.41, 5.74) is 3.36. The van der Waals surface area contributed by atoms with Gasteiger partial charge in [0.25, 0.3) is 0 Å². The highest BCUT2D eigenvalue weighted by Crippen LogP contribution is 2.31. The third-order valence-electron chi connectivity index (χ3n) is 1.86. The van der Waals surface area contributed by atoms with Gasteiger partial charge in [-0.15, -0.1) is 0 Å². The summed E-state index contributed by atoms with van der Waals surface area (Å²) in [5, 5.41) is 7.19. The smallest absolute Gasteiger partial charge is 0.0850 e. The molecule has 0 bridgehead atoms. The van der Waals surface area contributed by atoms with E-state index in [0.29, 0.717) is 0 Å². The van der Waals surface area contributed by atoms with Crippen LogP contribution in [-0.4, -0.2) is 6.67 Å². The van der Waals surface area contributed by atoms with Gasteiger partial charge in [0, 0.05) is 5.02 Å². The van der Waals surface area contributed by atoms with Crippen LogP contribution in [0.5, 0.6) is 0 Å². The van der Waals surface area contributed by atoms with Gasteiger partial charge in [0.05, 0.1) is 18.0 Å². The maximum absolute atomic E-state index is 5.92. The Bertz CT molecular complexity index is 267. The van der Waals surface area contributed by atoms with Crippen LogP contribution in [-0.2, 0) is 0 Å². The predicted octanol–water partition coefficient (Wildman–Crippen LogP) is 2.44. The van der Waals surface area contributed by atoms with Crippen molar-refractivity contribution in [3.05, 3.63) is 22.7 Å². The van der Waals surface area contributed by atoms with Crippen molar-refractivity contribution in [2.24, 2.45) is 0 Å². The van der Waals surface area contributed by atoms with E-state index in [2.05, 4.69) is 16.7 Å². The Hall–Kier alpha value is -0.890. The molecule has 3 heteroatoms. The average Bonchev–Trinajstić information content (AvgIpc) is 2.36. The summed E-state index contributed by atoms with van der Waals surface area (Å²) in [4.78, 5) is 0. The fourth-order valence-corrected chi connectivity index (χ4v) is 1.37. The largest absolute Gasteiger partial charge is 0.366 e. The van der Waals surface area contributed by atoms with Gasteiger partial charge in [0.2, 0.25) is 0 Å². The molecule has 0 radical (unpaired) electrons. The van der Waals surface area contributed by atoms with Gasteiger partial charge >= 0.3 is 0 Å². The van der Waals surface area contributed by atoms with Crippen molar-refractivity contribution < 1.29 is 0 Å². The standard InChI is InChI=1S/C8H9ClN2/c1-5-2-7-8(3-6(5)9)11-4-10-7/h2-3,10-11H,4H2,1H3. The number of halogens is 1. The Morgan fingerprint density at radius 2 is 1.91 bits per heavy atom. The molecule has 1 aliphatic rings. The Labute approximate surface area is 70.6 Å². The van der Waals surface area contributed by atoms with Crippen LogP contribution in [0.2, 0.25) is 5.02 Å². The molecule has 1 heterocycles. The van der Waals surface area contributed by atoms with Crippen LogP contribution in [0.3, 0.4) is 0 Å². The van der Waals surface area contributed by atoms with Crippen molar-refractivity contribution in [1.82, 2.24) is 0 Å². The minimum atomic E-state index is 0.801. The zero-order chi connectivity index (χ0) is 7.84. The van der Waals surface area contributed by atoms with Gasteiger partial charge in [-0.3, -0.25) is 0 Å². The molecule has 2 nitrogen and oxygen atoms in total. The molecule has 0 saturated carbocycles. The molecule has 0 aliphatic carbocycles. The predicted molar refractivity (Wildman–Crippen MR) is 48.3 cm³/mol. The van der Waals surface area contributed by atoms with E-state index >= 15 is 0 Å². The lowest BCUT2D eigenvalue weighted by atomic mass is 10.2. The van der Waals surface area contributed by atoms with Crippen molar-refractivity contribution in [2.75, 3.05) is 17.3 Å². The lowest BCUT2D eigenvalue weighted by Crippen LogP contribution is -1.98. The van der Waals surface area contributed by atoms with E-state index in [1.807, 2.05) is 13.0 Å². The summed E-state index contributed by atoms with van der Waals surface area (Å²) < 4.78 is 0. The minimum absolute atomic E-state index is 0.801. The lowest BCUT2D eigenvalue weighted by Gasteiger charge is -2.01. The van der Waals surface area contributed by atoms with E-state index in [1.165, 1.54) is 0 Å². The fourth-order valence-electron chi connectivity index (χ4n) is 1.21. The quantitative estimate of drug-likeness (QED) is 0.622. The second-order valence-electron chi connectivity index (χ2n) is 2.68. The topological polar surface area (TPSA) is 24.1 Å². The molecular weight excluding hydrogens is 160 g/mol. The Morgan fingerprint density at radius 1 is 1.27 bits per heavy atom. The first kappa shape index (κ1) is 6.80. The highest BCUT2D eigenvalue weighted by Gasteiger charge is 2.09. The maximum atomic E-state index is 5.92. The fraction of sp³-hybridized carbons (Fsp3) is 0.250. The number of rotatable bonds is 0. The van der Waals surface area contributed by atoms with Crippen LogP contribution in [0, 0.1) is 6.92 Å². The van der Waals surface area contributed by atoms with E-state index in [9.17, 15) is 0 Å². The SMILES string of the molecule is Cc1cc2c(cc1Cl)NCN2. The molecule has 1 aromatic carbocycles. The van der Waals surface area contributed by atoms with Gasteiger partial charge < -0.3 is 10.6 Å². The number of aryl methyl sites for hydroxylation is 1. The molecule has 0 saturated heterocycles. The van der Waals surface area contributed by atoms with Crippen LogP contribution < -0.4 is 10.6 Å². The average molecular weight is 169 g/mol. The van der Waals surface area contributed by atoms with Crippen molar-refractivity contribution in [3.8, 4) is 0 Å². The van der Waals surface area contributed by atoms with Crippen LogP contribution >= 0.6 is 11.6 Å². The summed E-state index contributed by atoms with van der Waals surface area (Å²) in [6.45, 7) is 2.80. The molecule has 0 spiro atoms. The van der Waals surface area contributed by atoms with E-state index in [1.54, 1.807) is 0 Å². The molecule has 0 fully saturated rings. The van der Waals surface area contributed by atoms with Gasteiger partial charge in [-0.2, -0.15) is 0 Å². The van der Waals surface area contributed by atoms with Gasteiger partial charge in [0.1, 0.15) is 0 Å². The monoisotopic (exact) mass is 168 g/mol. The lowest BCUT2D eigenvalue weighted by molar-refractivity contribution is 1.31. The normalized spacial score (nSPS) is 13.6. The number of hydrogen-bond acceptors (Lipinski definition) is 2. The van der Waals surface area contributed by atoms with Crippen molar-refractivity contribution >= 4 is 23.0 Å². The van der Waals surface area contributed by atoms with Gasteiger partial charge in [-0.1, -0.05) is 11.6 Å². The first-order chi connectivity index (χ1) is 5.27. The zero-order valence-corrected chi connectivity index (χ0v) is 7.00. The molecule has 1 aromatic rings. The van der Waals surface area contributed by atoms with Gasteiger partial charge in [-0.25, -0.2) is 0 Å². The summed E-state index contributed by atoms with van der Waals surface area (Å²) in [6.07, 6.45) is 0. The Balaban J connectivity index is 2.57. The van der Waals surface area contributed by atoms with E-state index in [-0.39, 0.29) is 0 Å². The molecule has 58 valence electrons. The number of anilines is 2. The van der Waals surface area contributed by atoms with Gasteiger partial charge in [-0.05, 0) is 24.6 Å². The molecule has 0 amide bonds. The van der Waals surface area contributed by atoms with Crippen LogP contribution in [0.25, 0.3) is 0 Å². The number of nitrogens with one attached hydrogen (secondary N) is 2. The van der Waals surface area contributed by atoms with Crippen LogP contribution in [0.1, 0.15) is 5.56 Å². The third kappa shape index (κ3) is 1.03. The zero-order valence-electron chi connectivity index (χ0n) is 6.24. The summed E-state index contributed by atoms with van der Waals surface area (Å²) >= 11 is 5.92. The number of fused-ring (bicyclic) bond motifs is 1. The molecule has 0 aromatic heterocycles. The van der Waals surface area contributed by atoms with Crippen LogP contribution in [0.4, 0.5) is 11.4 Å². The highest BCUT2D eigenvalue weighted by molar-refractivity contribution is 6.31. The third-order valence-corrected chi connectivity index (χ3v) is 2.26. The second kappa shape index (κ2) is 2.31. The molecule has 0 unspecified atom stereocenters. The Kier molecular flexibility index (Phi) is 1.43. The summed E-state index contributed by atoms with van der Waals surface area (Å²) in [7, 11) is 0. The summed E-state index contributed by atoms with van der Waals surface area (Å²) in [5.74, 6) is 0. The van der Waals surface area contributed by atoms with E-state index in [0.717, 1.165) is 28.6 Å². The molecule has 2 N–H and O–H groups in total. The van der Waals surface area contributed by atoms with E-state index in [4.69, 9.17) is 11.6 Å².